The largest absolute Gasteiger partial charge is 1.00 e. The van der Waals surface area contributed by atoms with Crippen molar-refractivity contribution in [1.82, 2.24) is 0 Å². The summed E-state index contributed by atoms with van der Waals surface area (Å²) in [5.41, 5.74) is 0. The van der Waals surface area contributed by atoms with Gasteiger partial charge in [-0.2, -0.15) is 6.42 Å². The first kappa shape index (κ1) is 21.1. The second-order valence-corrected chi connectivity index (χ2v) is 3.81. The molecule has 0 spiro atoms. The standard InChI is InChI=1S/C8H17.K.H3O4P/c1-3-5-7-8-6-4-2;;1-5(2,3)4/h1,3-8H2,2H3;;(H3,1,2,3,4)/q-1;+1;. The molecule has 0 saturated carbocycles. The van der Waals surface area contributed by atoms with Crippen LogP contribution in [0.25, 0.3) is 0 Å². The average Bonchev–Trinajstić information content (AvgIpc) is 1.95. The summed E-state index contributed by atoms with van der Waals surface area (Å²) in [4.78, 5) is 21.6. The molecule has 0 bridgehead atoms. The summed E-state index contributed by atoms with van der Waals surface area (Å²) in [6, 6.07) is 0. The average molecular weight is 250 g/mol. The van der Waals surface area contributed by atoms with Crippen LogP contribution in [0.2, 0.25) is 0 Å². The Bertz CT molecular complexity index is 123. The molecule has 6 heteroatoms. The number of hydrogen-bond donors (Lipinski definition) is 3. The maximum Gasteiger partial charge on any atom is 1.00 e. The normalized spacial score (nSPS) is 9.79. The maximum absolute atomic E-state index is 8.88. The number of hydrogen-bond acceptors (Lipinski definition) is 1. The van der Waals surface area contributed by atoms with E-state index in [-0.39, 0.29) is 51.4 Å². The molecule has 3 N–H and O–H groups in total. The Kier molecular flexibility index (Phi) is 22.2. The van der Waals surface area contributed by atoms with Crippen LogP contribution in [0.4, 0.5) is 0 Å². The molecule has 0 aliphatic heterocycles. The van der Waals surface area contributed by atoms with Crippen LogP contribution in [0.1, 0.15) is 45.4 Å². The third kappa shape index (κ3) is 49.1. The van der Waals surface area contributed by atoms with Crippen molar-refractivity contribution < 1.29 is 70.6 Å². The molecule has 4 nitrogen and oxygen atoms in total. The predicted octanol–water partition coefficient (Wildman–Crippen LogP) is -0.744. The minimum absolute atomic E-state index is 0. The Morgan fingerprint density at radius 1 is 1.07 bits per heavy atom. The molecule has 0 unspecified atom stereocenters. The van der Waals surface area contributed by atoms with Crippen molar-refractivity contribution in [2.75, 3.05) is 0 Å². The van der Waals surface area contributed by atoms with Crippen LogP contribution in [-0.4, -0.2) is 14.7 Å². The van der Waals surface area contributed by atoms with Crippen molar-refractivity contribution in [2.45, 2.75) is 45.4 Å². The Balaban J connectivity index is -0.000000177. The molecule has 0 heterocycles. The fourth-order valence-electron chi connectivity index (χ4n) is 0.780. The Hall–Kier alpha value is 1.75. The van der Waals surface area contributed by atoms with Gasteiger partial charge in [-0.05, 0) is 0 Å². The molecule has 0 aliphatic carbocycles. The summed E-state index contributed by atoms with van der Waals surface area (Å²) in [5, 5.41) is 0. The Labute approximate surface area is 129 Å². The van der Waals surface area contributed by atoms with Crippen molar-refractivity contribution in [2.24, 2.45) is 0 Å². The van der Waals surface area contributed by atoms with Gasteiger partial charge in [-0.1, -0.05) is 39.0 Å². The van der Waals surface area contributed by atoms with E-state index in [1.54, 1.807) is 0 Å². The van der Waals surface area contributed by atoms with Crippen LogP contribution in [0, 0.1) is 6.92 Å². The van der Waals surface area contributed by atoms with Crippen LogP contribution in [-0.2, 0) is 4.57 Å². The van der Waals surface area contributed by atoms with Crippen LogP contribution < -0.4 is 51.4 Å². The van der Waals surface area contributed by atoms with Crippen LogP contribution >= 0.6 is 7.82 Å². The van der Waals surface area contributed by atoms with Crippen molar-refractivity contribution in [3.05, 3.63) is 6.92 Å². The van der Waals surface area contributed by atoms with Gasteiger partial charge in [0.1, 0.15) is 0 Å². The summed E-state index contributed by atoms with van der Waals surface area (Å²) in [5.74, 6) is 0. The molecule has 0 aromatic rings. The van der Waals surface area contributed by atoms with Gasteiger partial charge in [0.2, 0.25) is 0 Å². The third-order valence-electron chi connectivity index (χ3n) is 1.35. The smallest absolute Gasteiger partial charge is 0.343 e. The summed E-state index contributed by atoms with van der Waals surface area (Å²) >= 11 is 0. The molecule has 14 heavy (non-hydrogen) atoms. The molecule has 0 rings (SSSR count). The molecule has 0 aromatic heterocycles. The molecule has 0 fully saturated rings. The zero-order valence-corrected chi connectivity index (χ0v) is 13.2. The molecule has 0 aliphatic rings. The summed E-state index contributed by atoms with van der Waals surface area (Å²) < 4.78 is 8.88. The topological polar surface area (TPSA) is 77.8 Å². The maximum atomic E-state index is 8.88. The monoisotopic (exact) mass is 250 g/mol. The molecular formula is C8H20KO4P. The van der Waals surface area contributed by atoms with Gasteiger partial charge in [-0.3, -0.25) is 0 Å². The van der Waals surface area contributed by atoms with E-state index in [0.29, 0.717) is 0 Å². The summed E-state index contributed by atoms with van der Waals surface area (Å²) in [6.45, 7) is 6.02. The Morgan fingerprint density at radius 2 is 1.43 bits per heavy atom. The first-order valence-corrected chi connectivity index (χ1v) is 6.05. The zero-order valence-electron chi connectivity index (χ0n) is 9.15. The van der Waals surface area contributed by atoms with E-state index in [1.165, 1.54) is 32.1 Å². The van der Waals surface area contributed by atoms with E-state index in [0.717, 1.165) is 6.42 Å². The summed E-state index contributed by atoms with van der Waals surface area (Å²) in [6.07, 6.45) is 7.98. The molecular weight excluding hydrogens is 230 g/mol. The molecule has 82 valence electrons. The fraction of sp³-hybridized carbons (Fsp3) is 0.875. The third-order valence-corrected chi connectivity index (χ3v) is 1.35. The van der Waals surface area contributed by atoms with Gasteiger partial charge in [-0.25, -0.2) is 4.57 Å². The molecule has 0 radical (unpaired) electrons. The van der Waals surface area contributed by atoms with Gasteiger partial charge in [0.15, 0.2) is 0 Å². The molecule has 0 aromatic carbocycles. The van der Waals surface area contributed by atoms with Gasteiger partial charge in [0.05, 0.1) is 0 Å². The van der Waals surface area contributed by atoms with Gasteiger partial charge < -0.3 is 21.6 Å². The van der Waals surface area contributed by atoms with E-state index < -0.39 is 7.82 Å². The molecule has 0 saturated heterocycles. The number of unbranched alkanes of at least 4 members (excludes halogenated alkanes) is 5. The van der Waals surface area contributed by atoms with Crippen molar-refractivity contribution >= 4 is 7.82 Å². The van der Waals surface area contributed by atoms with E-state index in [4.69, 9.17) is 19.2 Å². The predicted molar refractivity (Wildman–Crippen MR) is 53.0 cm³/mol. The van der Waals surface area contributed by atoms with E-state index in [1.807, 2.05) is 0 Å². The second kappa shape index (κ2) is 14.7. The fourth-order valence-corrected chi connectivity index (χ4v) is 0.780. The van der Waals surface area contributed by atoms with Crippen molar-refractivity contribution in [1.29, 1.82) is 0 Å². The van der Waals surface area contributed by atoms with Crippen LogP contribution in [0.15, 0.2) is 0 Å². The number of rotatable bonds is 5. The van der Waals surface area contributed by atoms with Gasteiger partial charge >= 0.3 is 59.2 Å². The molecule has 0 atom stereocenters. The minimum Gasteiger partial charge on any atom is -0.343 e. The van der Waals surface area contributed by atoms with Crippen molar-refractivity contribution in [3.8, 4) is 0 Å². The number of phosphoric acid groups is 1. The SMILES string of the molecule is O=P(O)(O)O.[CH2-]CCCCCCC.[K+]. The Morgan fingerprint density at radius 3 is 1.71 bits per heavy atom. The van der Waals surface area contributed by atoms with E-state index >= 15 is 0 Å². The van der Waals surface area contributed by atoms with E-state index in [2.05, 4.69) is 13.8 Å². The summed E-state index contributed by atoms with van der Waals surface area (Å²) in [7, 11) is -4.64. The van der Waals surface area contributed by atoms with Crippen LogP contribution in [0.5, 0.6) is 0 Å². The molecule has 0 amide bonds. The quantitative estimate of drug-likeness (QED) is 0.260. The first-order valence-electron chi connectivity index (χ1n) is 4.49. The van der Waals surface area contributed by atoms with Crippen LogP contribution in [0.3, 0.4) is 0 Å². The minimum atomic E-state index is -4.64. The van der Waals surface area contributed by atoms with Gasteiger partial charge in [0, 0.05) is 0 Å². The first-order chi connectivity index (χ1) is 5.91. The van der Waals surface area contributed by atoms with Gasteiger partial charge in [0.25, 0.3) is 0 Å². The van der Waals surface area contributed by atoms with Crippen molar-refractivity contribution in [3.63, 3.8) is 0 Å². The second-order valence-electron chi connectivity index (χ2n) is 2.78. The van der Waals surface area contributed by atoms with E-state index in [9.17, 15) is 0 Å². The van der Waals surface area contributed by atoms with Gasteiger partial charge in [-0.15, -0.1) is 0 Å². The zero-order chi connectivity index (χ0) is 10.7.